The van der Waals surface area contributed by atoms with E-state index >= 15 is 0 Å². The van der Waals surface area contributed by atoms with Crippen LogP contribution in [0.25, 0.3) is 0 Å². The minimum atomic E-state index is -1.12. The van der Waals surface area contributed by atoms with Crippen LogP contribution in [0, 0.1) is 11.6 Å². The molecule has 116 valence electrons. The van der Waals surface area contributed by atoms with Gasteiger partial charge in [0.05, 0.1) is 12.3 Å². The summed E-state index contributed by atoms with van der Waals surface area (Å²) in [6.07, 6.45) is 1.46. The standard InChI is InChI=1S/C15H14F2N2O3/c1-21-8-9-22-15-10(4-3-7-18-15)14(20)19-12-6-2-5-11(16)13(12)17/h2-7H,8-9H2,1H3,(H,19,20). The summed E-state index contributed by atoms with van der Waals surface area (Å²) in [6.45, 7) is 0.540. The number of carbonyl (C=O) groups excluding carboxylic acids is 1. The molecule has 1 heterocycles. The van der Waals surface area contributed by atoms with Crippen molar-refractivity contribution in [2.45, 2.75) is 0 Å². The van der Waals surface area contributed by atoms with Crippen LogP contribution < -0.4 is 10.1 Å². The molecule has 1 aromatic carbocycles. The summed E-state index contributed by atoms with van der Waals surface area (Å²) in [7, 11) is 1.52. The van der Waals surface area contributed by atoms with Gasteiger partial charge in [-0.15, -0.1) is 0 Å². The van der Waals surface area contributed by atoms with Crippen molar-refractivity contribution in [1.82, 2.24) is 4.98 Å². The Labute approximate surface area is 125 Å². The molecule has 0 saturated heterocycles. The van der Waals surface area contributed by atoms with E-state index in [9.17, 15) is 13.6 Å². The molecule has 0 spiro atoms. The Balaban J connectivity index is 2.17. The summed E-state index contributed by atoms with van der Waals surface area (Å²) in [5.74, 6) is -2.72. The molecule has 22 heavy (non-hydrogen) atoms. The quantitative estimate of drug-likeness (QED) is 0.833. The van der Waals surface area contributed by atoms with Gasteiger partial charge in [-0.1, -0.05) is 6.07 Å². The zero-order valence-electron chi connectivity index (χ0n) is 11.8. The Bertz CT molecular complexity index is 665. The van der Waals surface area contributed by atoms with Crippen LogP contribution in [0.4, 0.5) is 14.5 Å². The topological polar surface area (TPSA) is 60.5 Å². The second kappa shape index (κ2) is 7.46. The van der Waals surface area contributed by atoms with E-state index in [1.54, 1.807) is 6.07 Å². The Kier molecular flexibility index (Phi) is 5.37. The molecule has 0 saturated carbocycles. The summed E-state index contributed by atoms with van der Waals surface area (Å²) < 4.78 is 36.9. The number of benzene rings is 1. The van der Waals surface area contributed by atoms with Gasteiger partial charge in [-0.3, -0.25) is 4.79 Å². The molecular weight excluding hydrogens is 294 g/mol. The fourth-order valence-corrected chi connectivity index (χ4v) is 1.69. The van der Waals surface area contributed by atoms with Gasteiger partial charge < -0.3 is 14.8 Å². The van der Waals surface area contributed by atoms with E-state index in [0.29, 0.717) is 6.61 Å². The molecule has 0 aliphatic rings. The van der Waals surface area contributed by atoms with E-state index in [-0.39, 0.29) is 23.7 Å². The molecule has 0 aliphatic heterocycles. The normalized spacial score (nSPS) is 10.3. The van der Waals surface area contributed by atoms with Crippen molar-refractivity contribution in [3.8, 4) is 5.88 Å². The molecule has 1 aromatic heterocycles. The summed E-state index contributed by atoms with van der Waals surface area (Å²) in [4.78, 5) is 16.1. The Morgan fingerprint density at radius 1 is 1.23 bits per heavy atom. The van der Waals surface area contributed by atoms with Crippen LogP contribution >= 0.6 is 0 Å². The van der Waals surface area contributed by atoms with Crippen molar-refractivity contribution in [1.29, 1.82) is 0 Å². The first-order valence-electron chi connectivity index (χ1n) is 6.45. The lowest BCUT2D eigenvalue weighted by molar-refractivity contribution is 0.101. The number of aromatic nitrogens is 1. The van der Waals surface area contributed by atoms with Crippen LogP contribution in [0.1, 0.15) is 10.4 Å². The molecule has 0 fully saturated rings. The highest BCUT2D eigenvalue weighted by Gasteiger charge is 2.16. The fraction of sp³-hybridized carbons (Fsp3) is 0.200. The predicted molar refractivity (Wildman–Crippen MR) is 75.9 cm³/mol. The van der Waals surface area contributed by atoms with Crippen LogP contribution in [0.3, 0.4) is 0 Å². The second-order valence-corrected chi connectivity index (χ2v) is 4.25. The number of hydrogen-bond acceptors (Lipinski definition) is 4. The van der Waals surface area contributed by atoms with E-state index in [0.717, 1.165) is 6.07 Å². The summed E-state index contributed by atoms with van der Waals surface area (Å²) >= 11 is 0. The monoisotopic (exact) mass is 308 g/mol. The number of pyridine rings is 1. The van der Waals surface area contributed by atoms with Gasteiger partial charge in [0.15, 0.2) is 11.6 Å². The molecule has 0 radical (unpaired) electrons. The summed E-state index contributed by atoms with van der Waals surface area (Å²) in [6, 6.07) is 6.54. The summed E-state index contributed by atoms with van der Waals surface area (Å²) in [5.41, 5.74) is -0.140. The Hall–Kier alpha value is -2.54. The Morgan fingerprint density at radius 3 is 2.82 bits per heavy atom. The van der Waals surface area contributed by atoms with Crippen LogP contribution in [-0.2, 0) is 4.74 Å². The number of carbonyl (C=O) groups is 1. The van der Waals surface area contributed by atoms with E-state index in [1.165, 1.54) is 31.5 Å². The molecule has 0 aliphatic carbocycles. The zero-order valence-corrected chi connectivity index (χ0v) is 11.8. The first-order chi connectivity index (χ1) is 10.6. The molecule has 1 N–H and O–H groups in total. The van der Waals surface area contributed by atoms with Crippen molar-refractivity contribution in [2.75, 3.05) is 25.6 Å². The number of anilines is 1. The van der Waals surface area contributed by atoms with Crippen LogP contribution in [-0.4, -0.2) is 31.2 Å². The SMILES string of the molecule is COCCOc1ncccc1C(=O)Nc1cccc(F)c1F. The molecule has 2 rings (SSSR count). The number of rotatable bonds is 6. The maximum absolute atomic E-state index is 13.6. The van der Waals surface area contributed by atoms with Gasteiger partial charge >= 0.3 is 0 Å². The first-order valence-corrected chi connectivity index (χ1v) is 6.45. The van der Waals surface area contributed by atoms with Gasteiger partial charge in [0.2, 0.25) is 5.88 Å². The van der Waals surface area contributed by atoms with Crippen molar-refractivity contribution < 1.29 is 23.0 Å². The molecule has 0 unspecified atom stereocenters. The van der Waals surface area contributed by atoms with Gasteiger partial charge in [-0.25, -0.2) is 13.8 Å². The average molecular weight is 308 g/mol. The molecule has 0 bridgehead atoms. The fourth-order valence-electron chi connectivity index (χ4n) is 1.69. The first kappa shape index (κ1) is 15.8. The highest BCUT2D eigenvalue weighted by atomic mass is 19.2. The van der Waals surface area contributed by atoms with Crippen molar-refractivity contribution in [3.05, 3.63) is 53.7 Å². The number of methoxy groups -OCH3 is 1. The lowest BCUT2D eigenvalue weighted by Gasteiger charge is -2.11. The number of nitrogens with one attached hydrogen (secondary N) is 1. The summed E-state index contributed by atoms with van der Waals surface area (Å²) in [5, 5.41) is 2.29. The lowest BCUT2D eigenvalue weighted by atomic mass is 10.2. The number of amides is 1. The number of nitrogens with zero attached hydrogens (tertiary/aromatic N) is 1. The Morgan fingerprint density at radius 2 is 2.05 bits per heavy atom. The highest BCUT2D eigenvalue weighted by molar-refractivity contribution is 6.05. The van der Waals surface area contributed by atoms with Crippen molar-refractivity contribution in [2.24, 2.45) is 0 Å². The minimum Gasteiger partial charge on any atom is -0.475 e. The van der Waals surface area contributed by atoms with Crippen LogP contribution in [0.2, 0.25) is 0 Å². The molecule has 5 nitrogen and oxygen atoms in total. The van der Waals surface area contributed by atoms with E-state index in [2.05, 4.69) is 10.3 Å². The molecule has 0 atom stereocenters. The highest BCUT2D eigenvalue weighted by Crippen LogP contribution is 2.20. The lowest BCUT2D eigenvalue weighted by Crippen LogP contribution is -2.16. The maximum Gasteiger partial charge on any atom is 0.261 e. The smallest absolute Gasteiger partial charge is 0.261 e. The number of hydrogen-bond donors (Lipinski definition) is 1. The third-order valence-corrected chi connectivity index (χ3v) is 2.74. The molecule has 2 aromatic rings. The molecule has 7 heteroatoms. The number of ether oxygens (including phenoxy) is 2. The molecule has 1 amide bonds. The van der Waals surface area contributed by atoms with Crippen LogP contribution in [0.15, 0.2) is 36.5 Å². The largest absolute Gasteiger partial charge is 0.475 e. The van der Waals surface area contributed by atoms with Crippen molar-refractivity contribution in [3.63, 3.8) is 0 Å². The predicted octanol–water partition coefficient (Wildman–Crippen LogP) is 2.64. The van der Waals surface area contributed by atoms with E-state index in [1.807, 2.05) is 0 Å². The third-order valence-electron chi connectivity index (χ3n) is 2.74. The van der Waals surface area contributed by atoms with Crippen molar-refractivity contribution >= 4 is 11.6 Å². The average Bonchev–Trinajstić information content (AvgIpc) is 2.52. The van der Waals surface area contributed by atoms with Crippen LogP contribution in [0.5, 0.6) is 5.88 Å². The van der Waals surface area contributed by atoms with Gasteiger partial charge in [0.25, 0.3) is 5.91 Å². The maximum atomic E-state index is 13.6. The number of halogens is 2. The van der Waals surface area contributed by atoms with Gasteiger partial charge in [-0.05, 0) is 24.3 Å². The van der Waals surface area contributed by atoms with Gasteiger partial charge in [0, 0.05) is 13.3 Å². The van der Waals surface area contributed by atoms with E-state index in [4.69, 9.17) is 9.47 Å². The van der Waals surface area contributed by atoms with Gasteiger partial charge in [-0.2, -0.15) is 0 Å². The third kappa shape index (κ3) is 3.76. The molecular formula is C15H14F2N2O3. The second-order valence-electron chi connectivity index (χ2n) is 4.25. The van der Waals surface area contributed by atoms with Gasteiger partial charge in [0.1, 0.15) is 12.2 Å². The minimum absolute atomic E-state index is 0.0915. The zero-order chi connectivity index (χ0) is 15.9. The van der Waals surface area contributed by atoms with E-state index < -0.39 is 17.5 Å².